The minimum atomic E-state index is -1.28. The van der Waals surface area contributed by atoms with Crippen molar-refractivity contribution in [1.82, 2.24) is 15.5 Å². The van der Waals surface area contributed by atoms with Gasteiger partial charge in [0.2, 0.25) is 5.91 Å². The first kappa shape index (κ1) is 27.6. The van der Waals surface area contributed by atoms with E-state index in [4.69, 9.17) is 14.2 Å². The zero-order valence-corrected chi connectivity index (χ0v) is 20.4. The molecular weight excluding hydrogens is 458 g/mol. The van der Waals surface area contributed by atoms with E-state index in [-0.39, 0.29) is 19.6 Å². The maximum atomic E-state index is 13.5. The number of ether oxygens (including phenoxy) is 3. The molecule has 11 heteroatoms. The van der Waals surface area contributed by atoms with E-state index in [1.807, 2.05) is 6.07 Å². The minimum Gasteiger partial charge on any atom is -0.467 e. The largest absolute Gasteiger partial charge is 0.467 e. The second-order valence-corrected chi connectivity index (χ2v) is 9.06. The van der Waals surface area contributed by atoms with Gasteiger partial charge < -0.3 is 34.5 Å². The number of methoxy groups -OCH3 is 1. The molecule has 1 aromatic rings. The molecule has 1 aromatic carbocycles. The van der Waals surface area contributed by atoms with Crippen LogP contribution in [0.3, 0.4) is 0 Å². The smallest absolute Gasteiger partial charge is 0.408 e. The number of carbonyl (C=O) groups is 5. The number of nitrogens with zero attached hydrogens (tertiary/aromatic N) is 1. The molecule has 0 aromatic heterocycles. The highest BCUT2D eigenvalue weighted by atomic mass is 16.6. The Morgan fingerprint density at radius 2 is 1.80 bits per heavy atom. The highest BCUT2D eigenvalue weighted by Gasteiger charge is 2.44. The molecule has 3 amide bonds. The van der Waals surface area contributed by atoms with Gasteiger partial charge in [0.15, 0.2) is 0 Å². The van der Waals surface area contributed by atoms with E-state index in [1.54, 1.807) is 45.0 Å². The lowest BCUT2D eigenvalue weighted by Gasteiger charge is -2.32. The van der Waals surface area contributed by atoms with E-state index in [2.05, 4.69) is 10.6 Å². The zero-order valence-electron chi connectivity index (χ0n) is 20.4. The van der Waals surface area contributed by atoms with Crippen LogP contribution in [0.5, 0.6) is 0 Å². The Balaban J connectivity index is 2.15. The average Bonchev–Trinajstić information content (AvgIpc) is 3.22. The van der Waals surface area contributed by atoms with E-state index in [0.717, 1.165) is 5.56 Å². The Kier molecular flexibility index (Phi) is 10.0. The van der Waals surface area contributed by atoms with Gasteiger partial charge in [-0.25, -0.2) is 14.4 Å². The number of hydrogen-bond acceptors (Lipinski definition) is 8. The second kappa shape index (κ2) is 12.7. The number of benzene rings is 1. The van der Waals surface area contributed by atoms with Crippen molar-refractivity contribution in [2.24, 2.45) is 0 Å². The van der Waals surface area contributed by atoms with E-state index >= 15 is 0 Å². The molecule has 3 atom stereocenters. The van der Waals surface area contributed by atoms with Crippen molar-refractivity contribution in [3.05, 3.63) is 35.9 Å². The number of aldehydes is 1. The number of esters is 1. The standard InChI is InChI=1S/C24H33N3O8/c1-24(2,3)35-23(32)26-18(14-25-22(31)34-15-16-8-6-5-7-9-16)20(29)27-17(12-13-28)10-11-19(27)21(30)33-4/h5-9,13,17-19H,10-12,14-15H2,1-4H3,(H,25,31)(H,26,32)/t17-,18+,19+/m1/s1. The third-order valence-corrected chi connectivity index (χ3v) is 5.25. The summed E-state index contributed by atoms with van der Waals surface area (Å²) in [5.41, 5.74) is -0.0565. The molecule has 0 unspecified atom stereocenters. The van der Waals surface area contributed by atoms with Crippen LogP contribution in [-0.2, 0) is 35.2 Å². The fourth-order valence-electron chi connectivity index (χ4n) is 3.72. The third kappa shape index (κ3) is 8.58. The van der Waals surface area contributed by atoms with E-state index < -0.39 is 47.8 Å². The van der Waals surface area contributed by atoms with Gasteiger partial charge in [-0.3, -0.25) is 4.79 Å². The lowest BCUT2D eigenvalue weighted by molar-refractivity contribution is -0.153. The Morgan fingerprint density at radius 1 is 1.11 bits per heavy atom. The molecule has 0 aliphatic carbocycles. The predicted octanol–water partition coefficient (Wildman–Crippen LogP) is 1.93. The highest BCUT2D eigenvalue weighted by Crippen LogP contribution is 2.27. The molecule has 11 nitrogen and oxygen atoms in total. The Labute approximate surface area is 204 Å². The first-order valence-corrected chi connectivity index (χ1v) is 11.3. The first-order chi connectivity index (χ1) is 16.6. The lowest BCUT2D eigenvalue weighted by Crippen LogP contribution is -2.58. The maximum absolute atomic E-state index is 13.5. The summed E-state index contributed by atoms with van der Waals surface area (Å²) in [5, 5.41) is 4.92. The maximum Gasteiger partial charge on any atom is 0.408 e. The third-order valence-electron chi connectivity index (χ3n) is 5.25. The van der Waals surface area contributed by atoms with Crippen LogP contribution in [0.2, 0.25) is 0 Å². The van der Waals surface area contributed by atoms with Crippen molar-refractivity contribution in [3.63, 3.8) is 0 Å². The summed E-state index contributed by atoms with van der Waals surface area (Å²) in [4.78, 5) is 62.9. The lowest BCUT2D eigenvalue weighted by atomic mass is 10.1. The van der Waals surface area contributed by atoms with Crippen molar-refractivity contribution in [3.8, 4) is 0 Å². The van der Waals surface area contributed by atoms with E-state index in [1.165, 1.54) is 12.0 Å². The van der Waals surface area contributed by atoms with E-state index in [0.29, 0.717) is 19.1 Å². The van der Waals surface area contributed by atoms with Crippen LogP contribution < -0.4 is 10.6 Å². The quantitative estimate of drug-likeness (QED) is 0.303. The minimum absolute atomic E-state index is 0.0166. The van der Waals surface area contributed by atoms with E-state index in [9.17, 15) is 24.0 Å². The van der Waals surface area contributed by atoms with Crippen LogP contribution >= 0.6 is 0 Å². The Morgan fingerprint density at radius 3 is 2.40 bits per heavy atom. The fraction of sp³-hybridized carbons (Fsp3) is 0.542. The van der Waals surface area contributed by atoms with Gasteiger partial charge in [-0.05, 0) is 39.2 Å². The first-order valence-electron chi connectivity index (χ1n) is 11.3. The molecule has 1 heterocycles. The van der Waals surface area contributed by atoms with Gasteiger partial charge in [0.25, 0.3) is 0 Å². The summed E-state index contributed by atoms with van der Waals surface area (Å²) in [6, 6.07) is 6.28. The van der Waals surface area contributed by atoms with Gasteiger partial charge in [0, 0.05) is 12.5 Å². The van der Waals surface area contributed by atoms with Crippen molar-refractivity contribution < 1.29 is 38.2 Å². The zero-order chi connectivity index (χ0) is 26.0. The van der Waals surface area contributed by atoms with Crippen LogP contribution in [0.4, 0.5) is 9.59 Å². The van der Waals surface area contributed by atoms with Gasteiger partial charge in [-0.15, -0.1) is 0 Å². The van der Waals surface area contributed by atoms with Gasteiger partial charge in [-0.1, -0.05) is 30.3 Å². The topological polar surface area (TPSA) is 140 Å². The molecule has 0 saturated carbocycles. The molecule has 1 aliphatic rings. The molecule has 0 radical (unpaired) electrons. The van der Waals surface area contributed by atoms with Crippen molar-refractivity contribution in [1.29, 1.82) is 0 Å². The fourth-order valence-corrected chi connectivity index (χ4v) is 3.72. The summed E-state index contributed by atoms with van der Waals surface area (Å²) in [6.45, 7) is 4.68. The Bertz CT molecular complexity index is 900. The number of amides is 3. The molecule has 192 valence electrons. The molecule has 1 fully saturated rings. The van der Waals surface area contributed by atoms with Crippen LogP contribution in [-0.4, -0.2) is 72.6 Å². The molecule has 2 N–H and O–H groups in total. The molecular formula is C24H33N3O8. The van der Waals surface area contributed by atoms with Gasteiger partial charge in [0.05, 0.1) is 13.7 Å². The summed E-state index contributed by atoms with van der Waals surface area (Å²) >= 11 is 0. The van der Waals surface area contributed by atoms with Gasteiger partial charge in [-0.2, -0.15) is 0 Å². The number of likely N-dealkylation sites (tertiary alicyclic amines) is 1. The van der Waals surface area contributed by atoms with Crippen LogP contribution in [0.1, 0.15) is 45.6 Å². The molecule has 1 aliphatic heterocycles. The monoisotopic (exact) mass is 491 g/mol. The van der Waals surface area contributed by atoms with Crippen LogP contribution in [0.15, 0.2) is 30.3 Å². The Hall–Kier alpha value is -3.63. The molecule has 0 spiro atoms. The summed E-state index contributed by atoms with van der Waals surface area (Å²) in [6.07, 6.45) is -0.270. The summed E-state index contributed by atoms with van der Waals surface area (Å²) < 4.78 is 15.2. The normalized spacial score (nSPS) is 18.2. The molecule has 0 bridgehead atoms. The summed E-state index contributed by atoms with van der Waals surface area (Å²) in [7, 11) is 1.21. The van der Waals surface area contributed by atoms with Crippen molar-refractivity contribution >= 4 is 30.3 Å². The SMILES string of the molecule is COC(=O)[C@@H]1CC[C@H](CC=O)N1C(=O)[C@H](CNC(=O)OCc1ccccc1)NC(=O)OC(C)(C)C. The van der Waals surface area contributed by atoms with Crippen LogP contribution in [0.25, 0.3) is 0 Å². The molecule has 35 heavy (non-hydrogen) atoms. The number of rotatable bonds is 9. The average molecular weight is 492 g/mol. The number of carbonyl (C=O) groups excluding carboxylic acids is 5. The molecule has 1 saturated heterocycles. The van der Waals surface area contributed by atoms with Crippen molar-refractivity contribution in [2.75, 3.05) is 13.7 Å². The highest BCUT2D eigenvalue weighted by molar-refractivity contribution is 5.91. The van der Waals surface area contributed by atoms with Gasteiger partial charge >= 0.3 is 18.2 Å². The van der Waals surface area contributed by atoms with Crippen molar-refractivity contribution in [2.45, 2.75) is 70.4 Å². The number of hydrogen-bond donors (Lipinski definition) is 2. The predicted molar refractivity (Wildman–Crippen MR) is 124 cm³/mol. The molecule has 2 rings (SSSR count). The van der Waals surface area contributed by atoms with Crippen LogP contribution in [0, 0.1) is 0 Å². The second-order valence-electron chi connectivity index (χ2n) is 9.06. The summed E-state index contributed by atoms with van der Waals surface area (Å²) in [5.74, 6) is -1.28. The number of nitrogens with one attached hydrogen (secondary N) is 2. The number of alkyl carbamates (subject to hydrolysis) is 2. The van der Waals surface area contributed by atoms with Gasteiger partial charge in [0.1, 0.15) is 30.6 Å².